The van der Waals surface area contributed by atoms with E-state index in [1.165, 1.54) is 30.3 Å². The van der Waals surface area contributed by atoms with Crippen molar-refractivity contribution < 1.29 is 13.6 Å². The molecule has 1 N–H and O–H groups in total. The first kappa shape index (κ1) is 16.4. The van der Waals surface area contributed by atoms with Crippen LogP contribution in [0, 0.1) is 11.6 Å². The van der Waals surface area contributed by atoms with E-state index in [-0.39, 0.29) is 23.2 Å². The first-order chi connectivity index (χ1) is 12.5. The topological polar surface area (TPSA) is 53.2 Å². The Labute approximate surface area is 148 Å². The highest BCUT2D eigenvalue weighted by Gasteiger charge is 2.30. The zero-order valence-corrected chi connectivity index (χ0v) is 13.8. The molecule has 1 aliphatic heterocycles. The molecule has 0 spiro atoms. The predicted molar refractivity (Wildman–Crippen MR) is 94.2 cm³/mol. The van der Waals surface area contributed by atoms with Crippen LogP contribution in [-0.4, -0.2) is 28.9 Å². The van der Waals surface area contributed by atoms with Crippen LogP contribution in [0.4, 0.5) is 8.78 Å². The number of carbonyl (C=O) groups excluding carboxylic acids is 1. The van der Waals surface area contributed by atoms with Gasteiger partial charge >= 0.3 is 0 Å². The Balaban J connectivity index is 1.67. The highest BCUT2D eigenvalue weighted by atomic mass is 19.1. The summed E-state index contributed by atoms with van der Waals surface area (Å²) in [6.45, 7) is 0.824. The molecule has 2 heterocycles. The number of benzene rings is 2. The second-order valence-corrected chi connectivity index (χ2v) is 6.50. The maximum absolute atomic E-state index is 14.0. The van der Waals surface area contributed by atoms with Gasteiger partial charge in [-0.1, -0.05) is 18.2 Å². The maximum Gasteiger partial charge on any atom is 0.254 e. The van der Waals surface area contributed by atoms with E-state index in [0.29, 0.717) is 36.0 Å². The number of hydrogen-bond acceptors (Lipinski definition) is 2. The minimum atomic E-state index is -0.482. The number of amides is 1. The standard InChI is InChI=1S/C20H16F2N2O2/c21-13-5-6-18-15(9-13)16(10-19(25)23-18)20(26)24-8-7-12(11-24)14-3-1-2-4-17(14)22/h1-6,9-10,12H,7-8,11H2,(H,23,25)/t12-/m1/s1. The second kappa shape index (κ2) is 6.37. The molecule has 1 fully saturated rings. The number of rotatable bonds is 2. The lowest BCUT2D eigenvalue weighted by atomic mass is 9.98. The van der Waals surface area contributed by atoms with Crippen LogP contribution in [0.5, 0.6) is 0 Å². The van der Waals surface area contributed by atoms with Crippen molar-refractivity contribution in [3.63, 3.8) is 0 Å². The minimum absolute atomic E-state index is 0.0925. The number of likely N-dealkylation sites (tertiary alicyclic amines) is 1. The van der Waals surface area contributed by atoms with Crippen LogP contribution in [0.15, 0.2) is 53.3 Å². The van der Waals surface area contributed by atoms with Crippen molar-refractivity contribution in [3.05, 3.63) is 81.6 Å². The molecule has 4 rings (SSSR count). The molecule has 1 amide bonds. The van der Waals surface area contributed by atoms with E-state index < -0.39 is 11.4 Å². The molecule has 26 heavy (non-hydrogen) atoms. The molecule has 1 aliphatic rings. The number of nitrogens with one attached hydrogen (secondary N) is 1. The fourth-order valence-corrected chi connectivity index (χ4v) is 3.58. The maximum atomic E-state index is 14.0. The molecule has 0 bridgehead atoms. The van der Waals surface area contributed by atoms with Gasteiger partial charge in [0.15, 0.2) is 0 Å². The zero-order valence-electron chi connectivity index (χ0n) is 13.8. The highest BCUT2D eigenvalue weighted by Crippen LogP contribution is 2.30. The number of halogens is 2. The summed E-state index contributed by atoms with van der Waals surface area (Å²) < 4.78 is 27.6. The molecular weight excluding hydrogens is 338 g/mol. The number of pyridine rings is 1. The first-order valence-corrected chi connectivity index (χ1v) is 8.39. The molecule has 1 atom stereocenters. The quantitative estimate of drug-likeness (QED) is 0.767. The molecule has 0 radical (unpaired) electrons. The molecule has 0 saturated carbocycles. The number of aromatic nitrogens is 1. The van der Waals surface area contributed by atoms with Gasteiger partial charge < -0.3 is 9.88 Å². The fraction of sp³-hybridized carbons (Fsp3) is 0.200. The van der Waals surface area contributed by atoms with Crippen molar-refractivity contribution in [2.45, 2.75) is 12.3 Å². The number of fused-ring (bicyclic) bond motifs is 1. The summed E-state index contributed by atoms with van der Waals surface area (Å²) in [6, 6.07) is 11.7. The van der Waals surface area contributed by atoms with Crippen molar-refractivity contribution in [2.75, 3.05) is 13.1 Å². The van der Waals surface area contributed by atoms with Crippen LogP contribution in [-0.2, 0) is 0 Å². The van der Waals surface area contributed by atoms with Crippen LogP contribution in [0.1, 0.15) is 28.3 Å². The molecule has 3 aromatic rings. The largest absolute Gasteiger partial charge is 0.338 e. The summed E-state index contributed by atoms with van der Waals surface area (Å²) in [6.07, 6.45) is 0.641. The van der Waals surface area contributed by atoms with E-state index >= 15 is 0 Å². The lowest BCUT2D eigenvalue weighted by molar-refractivity contribution is 0.0792. The number of hydrogen-bond donors (Lipinski definition) is 1. The van der Waals surface area contributed by atoms with E-state index in [1.54, 1.807) is 23.1 Å². The van der Waals surface area contributed by atoms with Crippen molar-refractivity contribution in [1.82, 2.24) is 9.88 Å². The van der Waals surface area contributed by atoms with Crippen molar-refractivity contribution in [3.8, 4) is 0 Å². The van der Waals surface area contributed by atoms with Gasteiger partial charge in [0.25, 0.3) is 5.91 Å². The monoisotopic (exact) mass is 354 g/mol. The van der Waals surface area contributed by atoms with Crippen LogP contribution in [0.25, 0.3) is 10.9 Å². The Kier molecular flexibility index (Phi) is 4.03. The van der Waals surface area contributed by atoms with Gasteiger partial charge in [0.2, 0.25) is 5.56 Å². The summed E-state index contributed by atoms with van der Waals surface area (Å²) in [5.41, 5.74) is 0.742. The summed E-state index contributed by atoms with van der Waals surface area (Å²) in [5, 5.41) is 0.365. The Bertz CT molecular complexity index is 1060. The second-order valence-electron chi connectivity index (χ2n) is 6.50. The van der Waals surface area contributed by atoms with E-state index in [4.69, 9.17) is 0 Å². The van der Waals surface area contributed by atoms with Crippen LogP contribution in [0.3, 0.4) is 0 Å². The highest BCUT2D eigenvalue weighted by molar-refractivity contribution is 6.06. The average Bonchev–Trinajstić information content (AvgIpc) is 3.11. The van der Waals surface area contributed by atoms with Gasteiger partial charge in [0, 0.05) is 36.0 Å². The molecule has 6 heteroatoms. The first-order valence-electron chi connectivity index (χ1n) is 8.39. The molecular formula is C20H16F2N2O2. The number of nitrogens with zero attached hydrogens (tertiary/aromatic N) is 1. The molecule has 1 saturated heterocycles. The van der Waals surface area contributed by atoms with Gasteiger partial charge in [-0.3, -0.25) is 9.59 Å². The summed E-state index contributed by atoms with van der Waals surface area (Å²) >= 11 is 0. The van der Waals surface area contributed by atoms with E-state index in [9.17, 15) is 18.4 Å². The summed E-state index contributed by atoms with van der Waals surface area (Å²) in [7, 11) is 0. The summed E-state index contributed by atoms with van der Waals surface area (Å²) in [5.74, 6) is -1.20. The third kappa shape index (κ3) is 2.87. The Hall–Kier alpha value is -3.02. The molecule has 4 nitrogen and oxygen atoms in total. The third-order valence-corrected chi connectivity index (χ3v) is 4.86. The SMILES string of the molecule is O=C(c1cc(=O)[nH]c2ccc(F)cc12)N1CC[C@@H](c2ccccc2F)C1. The van der Waals surface area contributed by atoms with E-state index in [1.807, 2.05) is 0 Å². The predicted octanol–water partition coefficient (Wildman–Crippen LogP) is 3.44. The van der Waals surface area contributed by atoms with Crippen molar-refractivity contribution >= 4 is 16.8 Å². The van der Waals surface area contributed by atoms with Gasteiger partial charge in [-0.15, -0.1) is 0 Å². The average molecular weight is 354 g/mol. The van der Waals surface area contributed by atoms with Gasteiger partial charge in [-0.25, -0.2) is 8.78 Å². The van der Waals surface area contributed by atoms with Gasteiger partial charge in [0.05, 0.1) is 5.56 Å². The zero-order chi connectivity index (χ0) is 18.3. The van der Waals surface area contributed by atoms with E-state index in [2.05, 4.69) is 4.98 Å². The van der Waals surface area contributed by atoms with Crippen molar-refractivity contribution in [2.24, 2.45) is 0 Å². The molecule has 132 valence electrons. The van der Waals surface area contributed by atoms with Gasteiger partial charge in [-0.05, 0) is 36.2 Å². The Morgan fingerprint density at radius 3 is 2.73 bits per heavy atom. The molecule has 0 aliphatic carbocycles. The molecule has 1 aromatic heterocycles. The fourth-order valence-electron chi connectivity index (χ4n) is 3.58. The normalized spacial score (nSPS) is 17.0. The number of aromatic amines is 1. The molecule has 2 aromatic carbocycles. The smallest absolute Gasteiger partial charge is 0.254 e. The van der Waals surface area contributed by atoms with Crippen molar-refractivity contribution in [1.29, 1.82) is 0 Å². The van der Waals surface area contributed by atoms with Gasteiger partial charge in [-0.2, -0.15) is 0 Å². The van der Waals surface area contributed by atoms with Crippen LogP contribution in [0.2, 0.25) is 0 Å². The van der Waals surface area contributed by atoms with Gasteiger partial charge in [0.1, 0.15) is 11.6 Å². The summed E-state index contributed by atoms with van der Waals surface area (Å²) in [4.78, 5) is 29.0. The molecule has 0 unspecified atom stereocenters. The Morgan fingerprint density at radius 2 is 1.92 bits per heavy atom. The minimum Gasteiger partial charge on any atom is -0.338 e. The van der Waals surface area contributed by atoms with Crippen LogP contribution >= 0.6 is 0 Å². The Morgan fingerprint density at radius 1 is 1.12 bits per heavy atom. The third-order valence-electron chi connectivity index (χ3n) is 4.86. The lowest BCUT2D eigenvalue weighted by Gasteiger charge is -2.18. The number of H-pyrrole nitrogens is 1. The number of carbonyl (C=O) groups is 1. The van der Waals surface area contributed by atoms with E-state index in [0.717, 1.165) is 0 Å². The lowest BCUT2D eigenvalue weighted by Crippen LogP contribution is -2.29. The van der Waals surface area contributed by atoms with Crippen LogP contribution < -0.4 is 5.56 Å².